The largest absolute Gasteiger partial charge is 0.453 e. The summed E-state index contributed by atoms with van der Waals surface area (Å²) in [4.78, 5) is 0. The summed E-state index contributed by atoms with van der Waals surface area (Å²) in [6.45, 7) is 13.4. The Morgan fingerprint density at radius 2 is 0.645 bits per heavy atom. The first-order chi connectivity index (χ1) is 14.6. The molecule has 0 aliphatic carbocycles. The molecule has 0 fully saturated rings. The van der Waals surface area contributed by atoms with Gasteiger partial charge in [-0.2, -0.15) is 0 Å². The van der Waals surface area contributed by atoms with Crippen LogP contribution < -0.4 is 15.6 Å². The summed E-state index contributed by atoms with van der Waals surface area (Å²) >= 11 is 0. The summed E-state index contributed by atoms with van der Waals surface area (Å²) in [6.07, 6.45) is 0. The van der Waals surface area contributed by atoms with Gasteiger partial charge in [-0.25, -0.2) is 0 Å². The summed E-state index contributed by atoms with van der Waals surface area (Å²) in [5.74, 6) is 0. The van der Waals surface area contributed by atoms with E-state index in [4.69, 9.17) is 12.3 Å². The number of rotatable bonds is 9. The maximum atomic E-state index is 6.84. The van der Waals surface area contributed by atoms with Gasteiger partial charge in [0.2, 0.25) is 25.0 Å². The number of hydrogen-bond donors (Lipinski definition) is 0. The minimum atomic E-state index is -2.43. The van der Waals surface area contributed by atoms with Crippen LogP contribution in [-0.2, 0) is 12.3 Å². The second-order valence-corrected chi connectivity index (χ2v) is 23.5. The predicted molar refractivity (Wildman–Crippen MR) is 141 cm³/mol. The number of benzene rings is 3. The molecule has 0 aliphatic heterocycles. The molecule has 0 bridgehead atoms. The van der Waals surface area contributed by atoms with E-state index in [0.29, 0.717) is 0 Å². The van der Waals surface area contributed by atoms with Crippen molar-refractivity contribution >= 4 is 50.0 Å². The van der Waals surface area contributed by atoms with Crippen molar-refractivity contribution in [3.63, 3.8) is 0 Å². The maximum Gasteiger partial charge on any atom is 0.453 e. The van der Waals surface area contributed by atoms with E-state index >= 15 is 0 Å². The van der Waals surface area contributed by atoms with Crippen molar-refractivity contribution in [3.05, 3.63) is 91.0 Å². The van der Waals surface area contributed by atoms with E-state index in [1.54, 1.807) is 0 Å². The zero-order chi connectivity index (χ0) is 22.5. The molecule has 0 saturated heterocycles. The molecular formula is C24H34O3Si4. The Balaban J connectivity index is 1.90. The van der Waals surface area contributed by atoms with Crippen LogP contribution in [0.2, 0.25) is 39.3 Å². The van der Waals surface area contributed by atoms with Crippen LogP contribution in [0, 0.1) is 0 Å². The molecule has 0 heterocycles. The molecule has 0 spiro atoms. The van der Waals surface area contributed by atoms with Gasteiger partial charge in [-0.05, 0) is 54.8 Å². The molecule has 3 rings (SSSR count). The van der Waals surface area contributed by atoms with E-state index in [0.717, 1.165) is 0 Å². The lowest BCUT2D eigenvalue weighted by atomic mass is 10.4. The summed E-state index contributed by atoms with van der Waals surface area (Å²) < 4.78 is 20.5. The van der Waals surface area contributed by atoms with Crippen molar-refractivity contribution < 1.29 is 12.3 Å². The van der Waals surface area contributed by atoms with Crippen molar-refractivity contribution in [2.24, 2.45) is 0 Å². The molecule has 0 saturated carbocycles. The summed E-state index contributed by atoms with van der Waals surface area (Å²) in [5.41, 5.74) is 0. The van der Waals surface area contributed by atoms with Gasteiger partial charge in [0.1, 0.15) is 0 Å². The lowest BCUT2D eigenvalue weighted by molar-refractivity contribution is 0.305. The van der Waals surface area contributed by atoms with E-state index in [-0.39, 0.29) is 0 Å². The third-order valence-electron chi connectivity index (χ3n) is 5.58. The molecule has 31 heavy (non-hydrogen) atoms. The lowest BCUT2D eigenvalue weighted by Gasteiger charge is -2.37. The average Bonchev–Trinajstić information content (AvgIpc) is 2.75. The van der Waals surface area contributed by atoms with Crippen LogP contribution in [0.3, 0.4) is 0 Å². The molecule has 0 aromatic heterocycles. The topological polar surface area (TPSA) is 27.7 Å². The highest BCUT2D eigenvalue weighted by molar-refractivity contribution is 6.94. The third kappa shape index (κ3) is 6.45. The smallest absolute Gasteiger partial charge is 0.415 e. The summed E-state index contributed by atoms with van der Waals surface area (Å²) in [7, 11) is -9.00. The van der Waals surface area contributed by atoms with Crippen LogP contribution in [0.4, 0.5) is 0 Å². The quantitative estimate of drug-likeness (QED) is 0.430. The van der Waals surface area contributed by atoms with Crippen molar-refractivity contribution in [2.45, 2.75) is 39.3 Å². The number of hydrogen-bond acceptors (Lipinski definition) is 3. The van der Waals surface area contributed by atoms with Crippen LogP contribution in [0.1, 0.15) is 0 Å². The summed E-state index contributed by atoms with van der Waals surface area (Å²) in [5, 5.41) is 3.79. The Kier molecular flexibility index (Phi) is 7.69. The molecule has 3 nitrogen and oxygen atoms in total. The van der Waals surface area contributed by atoms with E-state index in [1.807, 2.05) is 18.2 Å². The fourth-order valence-corrected chi connectivity index (χ4v) is 15.8. The highest BCUT2D eigenvalue weighted by Crippen LogP contribution is 2.18. The maximum absolute atomic E-state index is 6.84. The summed E-state index contributed by atoms with van der Waals surface area (Å²) in [6, 6.07) is 31.6. The molecule has 3 aromatic rings. The van der Waals surface area contributed by atoms with Crippen molar-refractivity contribution in [1.29, 1.82) is 0 Å². The molecule has 164 valence electrons. The Morgan fingerprint density at radius 1 is 0.419 bits per heavy atom. The lowest BCUT2D eigenvalue weighted by Crippen LogP contribution is -2.60. The van der Waals surface area contributed by atoms with Crippen molar-refractivity contribution in [3.8, 4) is 0 Å². The minimum absolute atomic E-state index is 1.26. The van der Waals surface area contributed by atoms with Crippen LogP contribution in [0.5, 0.6) is 0 Å². The van der Waals surface area contributed by atoms with Gasteiger partial charge in [-0.3, -0.25) is 0 Å². The molecule has 0 aliphatic rings. The molecule has 0 N–H and O–H groups in total. The highest BCUT2D eigenvalue weighted by atomic mass is 28.5. The van der Waals surface area contributed by atoms with E-state index < -0.39 is 34.5 Å². The molecule has 0 amide bonds. The normalized spacial score (nSPS) is 12.9. The van der Waals surface area contributed by atoms with Crippen LogP contribution in [-0.4, -0.2) is 34.5 Å². The zero-order valence-electron chi connectivity index (χ0n) is 19.5. The Hall–Kier alpha value is -1.59. The Labute approximate surface area is 192 Å². The van der Waals surface area contributed by atoms with Crippen LogP contribution in [0.25, 0.3) is 0 Å². The molecule has 0 unspecified atom stereocenters. The Morgan fingerprint density at radius 3 is 0.871 bits per heavy atom. The van der Waals surface area contributed by atoms with Gasteiger partial charge in [0.05, 0.1) is 0 Å². The second kappa shape index (κ2) is 9.91. The van der Waals surface area contributed by atoms with Gasteiger partial charge in [0, 0.05) is 0 Å². The average molecular weight is 483 g/mol. The molecule has 7 heteroatoms. The first-order valence-corrected chi connectivity index (χ1v) is 20.9. The van der Waals surface area contributed by atoms with Gasteiger partial charge >= 0.3 is 9.53 Å². The molecule has 3 aromatic carbocycles. The van der Waals surface area contributed by atoms with E-state index in [1.165, 1.54) is 15.6 Å². The fraction of sp³-hybridized carbons (Fsp3) is 0.250. The third-order valence-corrected chi connectivity index (χ3v) is 20.1. The van der Waals surface area contributed by atoms with Gasteiger partial charge in [0.15, 0.2) is 0 Å². The molecule has 0 atom stereocenters. The van der Waals surface area contributed by atoms with Gasteiger partial charge in [-0.15, -0.1) is 0 Å². The van der Waals surface area contributed by atoms with Crippen LogP contribution in [0.15, 0.2) is 91.0 Å². The first kappa shape index (κ1) is 24.1. The fourth-order valence-electron chi connectivity index (χ4n) is 3.52. The molecular weight excluding hydrogens is 449 g/mol. The Bertz CT molecular complexity index is 821. The van der Waals surface area contributed by atoms with Gasteiger partial charge < -0.3 is 12.3 Å². The second-order valence-electron chi connectivity index (χ2n) is 9.27. The zero-order valence-corrected chi connectivity index (χ0v) is 23.6. The monoisotopic (exact) mass is 482 g/mol. The predicted octanol–water partition coefficient (Wildman–Crippen LogP) is 4.09. The van der Waals surface area contributed by atoms with Crippen molar-refractivity contribution in [2.75, 3.05) is 0 Å². The van der Waals surface area contributed by atoms with Gasteiger partial charge in [-0.1, -0.05) is 91.0 Å². The standard InChI is InChI=1S/C24H34O3Si4/c1-29(2,22-16-10-7-11-17-22)25-28(26-30(3,4)23-18-12-8-13-19-23)27-31(5,6)24-20-14-9-15-21-24/h7-21,28H,1-6H3. The molecule has 0 radical (unpaired) electrons. The first-order valence-electron chi connectivity index (χ1n) is 10.8. The van der Waals surface area contributed by atoms with Gasteiger partial charge in [0.25, 0.3) is 0 Å². The van der Waals surface area contributed by atoms with E-state index in [2.05, 4.69) is 112 Å². The van der Waals surface area contributed by atoms with E-state index in [9.17, 15) is 0 Å². The van der Waals surface area contributed by atoms with Crippen molar-refractivity contribution in [1.82, 2.24) is 0 Å². The van der Waals surface area contributed by atoms with Crippen LogP contribution >= 0.6 is 0 Å². The highest BCUT2D eigenvalue weighted by Gasteiger charge is 2.40. The minimum Gasteiger partial charge on any atom is -0.415 e. The SMILES string of the molecule is C[Si](C)(O[SiH](O[Si](C)(C)c1ccccc1)O[Si](C)(C)c1ccccc1)c1ccccc1.